The highest BCUT2D eigenvalue weighted by atomic mass is 16.3. The Morgan fingerprint density at radius 3 is 1.51 bits per heavy atom. The summed E-state index contributed by atoms with van der Waals surface area (Å²) in [5.41, 5.74) is 8.80. The van der Waals surface area contributed by atoms with Crippen molar-refractivity contribution in [1.82, 2.24) is 15.0 Å². The summed E-state index contributed by atoms with van der Waals surface area (Å²) in [6, 6.07) is 69.8. The molecule has 4 nitrogen and oxygen atoms in total. The van der Waals surface area contributed by atoms with Gasteiger partial charge >= 0.3 is 0 Å². The Bertz CT molecular complexity index is 3280. The molecular weight excluding hydrogens is 695 g/mol. The third-order valence-electron chi connectivity index (χ3n) is 11.0. The normalized spacial score (nSPS) is 11.5. The molecule has 2 aromatic heterocycles. The molecule has 57 heavy (non-hydrogen) atoms. The van der Waals surface area contributed by atoms with Crippen LogP contribution in [-0.4, -0.2) is 15.0 Å². The second-order valence-electron chi connectivity index (χ2n) is 14.3. The monoisotopic (exact) mass is 727 g/mol. The van der Waals surface area contributed by atoms with Crippen LogP contribution in [0.3, 0.4) is 0 Å². The molecule has 0 aliphatic carbocycles. The van der Waals surface area contributed by atoms with Crippen LogP contribution in [0, 0.1) is 0 Å². The predicted molar refractivity (Wildman–Crippen MR) is 235 cm³/mol. The molecule has 266 valence electrons. The highest BCUT2D eigenvalue weighted by Gasteiger charge is 2.22. The molecular formula is C53H33N3O. The van der Waals surface area contributed by atoms with E-state index >= 15 is 0 Å². The van der Waals surface area contributed by atoms with Gasteiger partial charge in [-0.3, -0.25) is 0 Å². The Labute approximate surface area is 329 Å². The van der Waals surface area contributed by atoms with E-state index in [1.807, 2.05) is 42.5 Å². The van der Waals surface area contributed by atoms with Crippen molar-refractivity contribution in [3.63, 3.8) is 0 Å². The van der Waals surface area contributed by atoms with E-state index in [1.54, 1.807) is 0 Å². The molecule has 0 saturated carbocycles. The summed E-state index contributed by atoms with van der Waals surface area (Å²) in [5.74, 6) is 2.51. The smallest absolute Gasteiger partial charge is 0.164 e. The molecule has 0 atom stereocenters. The Hall–Kier alpha value is -7.69. The molecule has 0 spiro atoms. The van der Waals surface area contributed by atoms with Crippen LogP contribution >= 0.6 is 0 Å². The first-order chi connectivity index (χ1) is 28.3. The first-order valence-corrected chi connectivity index (χ1v) is 19.2. The molecule has 4 heteroatoms. The van der Waals surface area contributed by atoms with E-state index in [9.17, 15) is 0 Å². The Morgan fingerprint density at radius 2 is 0.807 bits per heavy atom. The van der Waals surface area contributed by atoms with E-state index in [-0.39, 0.29) is 0 Å². The van der Waals surface area contributed by atoms with Gasteiger partial charge in [-0.15, -0.1) is 0 Å². The topological polar surface area (TPSA) is 51.8 Å². The fourth-order valence-corrected chi connectivity index (χ4v) is 8.30. The van der Waals surface area contributed by atoms with Gasteiger partial charge in [0.15, 0.2) is 17.5 Å². The number of nitrogens with zero attached hydrogens (tertiary/aromatic N) is 3. The minimum atomic E-state index is 0.567. The van der Waals surface area contributed by atoms with Crippen molar-refractivity contribution >= 4 is 43.3 Å². The summed E-state index contributed by atoms with van der Waals surface area (Å²) >= 11 is 0. The lowest BCUT2D eigenvalue weighted by atomic mass is 9.88. The van der Waals surface area contributed by atoms with Gasteiger partial charge in [0.05, 0.1) is 0 Å². The van der Waals surface area contributed by atoms with Gasteiger partial charge in [0.25, 0.3) is 0 Å². The molecule has 11 aromatic rings. The number of para-hydroxylation sites is 1. The van der Waals surface area contributed by atoms with Gasteiger partial charge < -0.3 is 4.42 Å². The van der Waals surface area contributed by atoms with Crippen molar-refractivity contribution < 1.29 is 4.42 Å². The fourth-order valence-electron chi connectivity index (χ4n) is 8.30. The van der Waals surface area contributed by atoms with E-state index in [4.69, 9.17) is 19.4 Å². The summed E-state index contributed by atoms with van der Waals surface area (Å²) < 4.78 is 6.44. The standard InChI is InChI=1S/C53H33N3O/c1-2-16-34(17-3-1)38-21-9-12-26-44(38)51-54-52(45-27-13-10-24-41(45)49-33-37-20-6-15-29-48(37)57-49)56-53(55-51)46-28-14-11-25-42(46)50-40-23-8-5-19-36(40)32-47-39-22-7-4-18-35(39)30-31-43(47)50/h1-33H. The Morgan fingerprint density at radius 1 is 0.298 bits per heavy atom. The average Bonchev–Trinajstić information content (AvgIpc) is 3.73. The van der Waals surface area contributed by atoms with Gasteiger partial charge in [0.2, 0.25) is 0 Å². The largest absolute Gasteiger partial charge is 0.456 e. The molecule has 0 aliphatic heterocycles. The Balaban J connectivity index is 1.20. The van der Waals surface area contributed by atoms with Crippen molar-refractivity contribution in [2.45, 2.75) is 0 Å². The van der Waals surface area contributed by atoms with Gasteiger partial charge in [-0.1, -0.05) is 182 Å². The van der Waals surface area contributed by atoms with Crippen LogP contribution in [-0.2, 0) is 0 Å². The van der Waals surface area contributed by atoms with Gasteiger partial charge in [-0.05, 0) is 72.8 Å². The van der Waals surface area contributed by atoms with Crippen molar-refractivity contribution in [1.29, 1.82) is 0 Å². The molecule has 2 heterocycles. The number of benzene rings is 9. The molecule has 11 rings (SSSR count). The van der Waals surface area contributed by atoms with Gasteiger partial charge in [0.1, 0.15) is 11.3 Å². The van der Waals surface area contributed by atoms with Crippen LogP contribution in [0.15, 0.2) is 205 Å². The maximum absolute atomic E-state index is 6.44. The van der Waals surface area contributed by atoms with Gasteiger partial charge in [-0.2, -0.15) is 0 Å². The number of furan rings is 1. The predicted octanol–water partition coefficient (Wildman–Crippen LogP) is 14.1. The third kappa shape index (κ3) is 5.66. The molecule has 0 bridgehead atoms. The zero-order chi connectivity index (χ0) is 37.7. The zero-order valence-electron chi connectivity index (χ0n) is 30.8. The highest BCUT2D eigenvalue weighted by Crippen LogP contribution is 2.44. The van der Waals surface area contributed by atoms with Crippen molar-refractivity contribution in [3.05, 3.63) is 200 Å². The highest BCUT2D eigenvalue weighted by molar-refractivity contribution is 6.21. The van der Waals surface area contributed by atoms with Gasteiger partial charge in [-0.25, -0.2) is 15.0 Å². The zero-order valence-corrected chi connectivity index (χ0v) is 30.8. The minimum Gasteiger partial charge on any atom is -0.456 e. The van der Waals surface area contributed by atoms with E-state index in [1.165, 1.54) is 32.3 Å². The lowest BCUT2D eigenvalue weighted by Crippen LogP contribution is -2.03. The van der Waals surface area contributed by atoms with E-state index in [0.717, 1.165) is 61.2 Å². The lowest BCUT2D eigenvalue weighted by molar-refractivity contribution is 0.631. The first-order valence-electron chi connectivity index (χ1n) is 19.2. The second kappa shape index (κ2) is 13.6. The third-order valence-corrected chi connectivity index (χ3v) is 11.0. The van der Waals surface area contributed by atoms with E-state index in [2.05, 4.69) is 158 Å². The fraction of sp³-hybridized carbons (Fsp3) is 0. The number of fused-ring (bicyclic) bond motifs is 5. The number of rotatable bonds is 6. The SMILES string of the molecule is c1ccc(-c2ccccc2-c2nc(-c3ccccc3-c3cc4ccccc4o3)nc(-c3ccccc3-c3c4ccccc4cc4c3ccc3ccccc34)n2)cc1. The van der Waals surface area contributed by atoms with Crippen LogP contribution in [0.1, 0.15) is 0 Å². The quantitative estimate of drug-likeness (QED) is 0.126. The van der Waals surface area contributed by atoms with Crippen molar-refractivity contribution in [2.75, 3.05) is 0 Å². The van der Waals surface area contributed by atoms with Crippen LogP contribution in [0.4, 0.5) is 0 Å². The maximum atomic E-state index is 6.44. The summed E-state index contributed by atoms with van der Waals surface area (Å²) in [4.78, 5) is 16.0. The van der Waals surface area contributed by atoms with Crippen LogP contribution in [0.2, 0.25) is 0 Å². The minimum absolute atomic E-state index is 0.567. The molecule has 0 saturated heterocycles. The summed E-state index contributed by atoms with van der Waals surface area (Å²) in [7, 11) is 0. The van der Waals surface area contributed by atoms with Crippen LogP contribution in [0.25, 0.3) is 111 Å². The maximum Gasteiger partial charge on any atom is 0.164 e. The van der Waals surface area contributed by atoms with Gasteiger partial charge in [0, 0.05) is 27.6 Å². The summed E-state index contributed by atoms with van der Waals surface area (Å²) in [6.07, 6.45) is 0. The number of hydrogen-bond acceptors (Lipinski definition) is 4. The summed E-state index contributed by atoms with van der Waals surface area (Å²) in [5, 5.41) is 8.23. The summed E-state index contributed by atoms with van der Waals surface area (Å²) in [6.45, 7) is 0. The molecule has 0 unspecified atom stereocenters. The molecule has 0 N–H and O–H groups in total. The molecule has 0 aliphatic rings. The second-order valence-corrected chi connectivity index (χ2v) is 14.3. The molecule has 0 radical (unpaired) electrons. The number of aromatic nitrogens is 3. The lowest BCUT2D eigenvalue weighted by Gasteiger charge is -2.17. The number of hydrogen-bond donors (Lipinski definition) is 0. The first kappa shape index (κ1) is 32.7. The van der Waals surface area contributed by atoms with Crippen molar-refractivity contribution in [3.8, 4) is 67.7 Å². The van der Waals surface area contributed by atoms with Crippen molar-refractivity contribution in [2.24, 2.45) is 0 Å². The molecule has 0 fully saturated rings. The van der Waals surface area contributed by atoms with Crippen LogP contribution < -0.4 is 0 Å². The molecule has 0 amide bonds. The average molecular weight is 728 g/mol. The Kier molecular flexibility index (Phi) is 7.78. The van der Waals surface area contributed by atoms with E-state index < -0.39 is 0 Å². The van der Waals surface area contributed by atoms with Crippen LogP contribution in [0.5, 0.6) is 0 Å². The molecule has 9 aromatic carbocycles. The van der Waals surface area contributed by atoms with E-state index in [0.29, 0.717) is 17.5 Å².